The molecule has 2 aliphatic heterocycles. The Kier molecular flexibility index (Phi) is 4.52. The Hall–Kier alpha value is -1.36. The van der Waals surface area contributed by atoms with Crippen LogP contribution in [-0.4, -0.2) is 46.8 Å². The number of hydrogen-bond acceptors (Lipinski definition) is 3. The maximum Gasteiger partial charge on any atom is 0.248 e. The van der Waals surface area contributed by atoms with Gasteiger partial charge in [-0.3, -0.25) is 9.59 Å². The Morgan fingerprint density at radius 2 is 2.05 bits per heavy atom. The Labute approximate surface area is 136 Å². The quantitative estimate of drug-likeness (QED) is 0.837. The van der Waals surface area contributed by atoms with Crippen molar-refractivity contribution in [2.45, 2.75) is 51.0 Å². The van der Waals surface area contributed by atoms with Gasteiger partial charge in [-0.1, -0.05) is 6.07 Å². The van der Waals surface area contributed by atoms with Gasteiger partial charge in [0.1, 0.15) is 5.54 Å². The van der Waals surface area contributed by atoms with E-state index in [1.807, 2.05) is 22.8 Å². The van der Waals surface area contributed by atoms with Crippen molar-refractivity contribution < 1.29 is 9.59 Å². The highest BCUT2D eigenvalue weighted by Crippen LogP contribution is 2.34. The maximum absolute atomic E-state index is 12.7. The molecule has 1 atom stereocenters. The zero-order valence-electron chi connectivity index (χ0n) is 13.2. The van der Waals surface area contributed by atoms with Gasteiger partial charge in [-0.25, -0.2) is 0 Å². The van der Waals surface area contributed by atoms with Crippen LogP contribution in [0.25, 0.3) is 0 Å². The van der Waals surface area contributed by atoms with Crippen molar-refractivity contribution in [3.05, 3.63) is 22.4 Å². The van der Waals surface area contributed by atoms with Crippen molar-refractivity contribution in [3.8, 4) is 0 Å². The van der Waals surface area contributed by atoms with E-state index in [1.54, 1.807) is 11.3 Å². The molecule has 120 valence electrons. The van der Waals surface area contributed by atoms with Crippen molar-refractivity contribution >= 4 is 23.2 Å². The zero-order valence-corrected chi connectivity index (χ0v) is 14.0. The lowest BCUT2D eigenvalue weighted by molar-refractivity contribution is -0.163. The predicted molar refractivity (Wildman–Crippen MR) is 87.8 cm³/mol. The molecule has 5 heteroatoms. The van der Waals surface area contributed by atoms with E-state index in [0.717, 1.165) is 51.7 Å². The van der Waals surface area contributed by atoms with Crippen LogP contribution in [0.1, 0.15) is 43.9 Å². The first-order chi connectivity index (χ1) is 10.6. The summed E-state index contributed by atoms with van der Waals surface area (Å²) in [5, 5.41) is 2.07. The molecule has 3 heterocycles. The highest BCUT2D eigenvalue weighted by atomic mass is 32.1. The fourth-order valence-electron chi connectivity index (χ4n) is 3.45. The Morgan fingerprint density at radius 1 is 1.27 bits per heavy atom. The topological polar surface area (TPSA) is 40.6 Å². The molecule has 0 saturated carbocycles. The summed E-state index contributed by atoms with van der Waals surface area (Å²) in [6, 6.07) is 4.16. The molecule has 0 bridgehead atoms. The van der Waals surface area contributed by atoms with Gasteiger partial charge in [-0.2, -0.15) is 0 Å². The minimum absolute atomic E-state index is 0.137. The second-order valence-electron chi connectivity index (χ2n) is 6.50. The molecule has 1 aromatic rings. The van der Waals surface area contributed by atoms with E-state index in [4.69, 9.17) is 0 Å². The second kappa shape index (κ2) is 6.41. The molecule has 0 radical (unpaired) electrons. The lowest BCUT2D eigenvalue weighted by atomic mass is 9.84. The molecule has 0 aromatic carbocycles. The van der Waals surface area contributed by atoms with Crippen LogP contribution in [0.4, 0.5) is 0 Å². The molecule has 1 aromatic heterocycles. The molecular formula is C17H24N2O2S. The van der Waals surface area contributed by atoms with Crippen molar-refractivity contribution in [2.24, 2.45) is 0 Å². The summed E-state index contributed by atoms with van der Waals surface area (Å²) in [6.07, 6.45) is 5.35. The summed E-state index contributed by atoms with van der Waals surface area (Å²) in [4.78, 5) is 30.2. The van der Waals surface area contributed by atoms with Crippen molar-refractivity contribution in [1.82, 2.24) is 9.80 Å². The number of thiophene rings is 1. The fraction of sp³-hybridized carbons (Fsp3) is 0.647. The van der Waals surface area contributed by atoms with Gasteiger partial charge >= 0.3 is 0 Å². The zero-order chi connectivity index (χ0) is 15.6. The van der Waals surface area contributed by atoms with E-state index in [-0.39, 0.29) is 11.8 Å². The van der Waals surface area contributed by atoms with Gasteiger partial charge in [-0.05, 0) is 50.5 Å². The summed E-state index contributed by atoms with van der Waals surface area (Å²) in [5.41, 5.74) is -0.579. The van der Waals surface area contributed by atoms with Crippen LogP contribution in [0.5, 0.6) is 0 Å². The number of carbonyl (C=O) groups excluding carboxylic acids is 2. The summed E-state index contributed by atoms with van der Waals surface area (Å²) in [6.45, 7) is 4.38. The first-order valence-corrected chi connectivity index (χ1v) is 9.11. The average Bonchev–Trinajstić information content (AvgIpc) is 3.17. The molecule has 1 unspecified atom stereocenters. The number of amides is 2. The van der Waals surface area contributed by atoms with E-state index in [0.29, 0.717) is 6.42 Å². The summed E-state index contributed by atoms with van der Waals surface area (Å²) in [7, 11) is 0. The standard InChI is InChI=1S/C17H24N2O2S/c1-17(16(21)18-10-2-3-11-18)9-12-19(17)15(20)8-4-6-14-7-5-13-22-14/h5,7,13H,2-4,6,8-12H2,1H3. The van der Waals surface area contributed by atoms with Crippen LogP contribution in [0, 0.1) is 0 Å². The van der Waals surface area contributed by atoms with Gasteiger partial charge in [0.15, 0.2) is 0 Å². The smallest absolute Gasteiger partial charge is 0.248 e. The SMILES string of the molecule is CC1(C(=O)N2CCCC2)CCN1C(=O)CCCc1cccs1. The normalized spacial score (nSPS) is 24.4. The molecule has 0 N–H and O–H groups in total. The number of aryl methyl sites for hydroxylation is 1. The fourth-order valence-corrected chi connectivity index (χ4v) is 4.20. The van der Waals surface area contributed by atoms with Crippen molar-refractivity contribution in [2.75, 3.05) is 19.6 Å². The molecule has 0 aliphatic carbocycles. The third-order valence-corrected chi connectivity index (χ3v) is 5.90. The van der Waals surface area contributed by atoms with Crippen molar-refractivity contribution in [1.29, 1.82) is 0 Å². The molecule has 22 heavy (non-hydrogen) atoms. The Morgan fingerprint density at radius 3 is 2.64 bits per heavy atom. The largest absolute Gasteiger partial charge is 0.341 e. The van der Waals surface area contributed by atoms with Gasteiger partial charge in [0, 0.05) is 30.9 Å². The van der Waals surface area contributed by atoms with Crippen LogP contribution in [-0.2, 0) is 16.0 Å². The van der Waals surface area contributed by atoms with Crippen LogP contribution in [0.3, 0.4) is 0 Å². The van der Waals surface area contributed by atoms with Crippen molar-refractivity contribution in [3.63, 3.8) is 0 Å². The van der Waals surface area contributed by atoms with E-state index < -0.39 is 5.54 Å². The van der Waals surface area contributed by atoms with Crippen LogP contribution in [0.15, 0.2) is 17.5 Å². The van der Waals surface area contributed by atoms with Gasteiger partial charge < -0.3 is 9.80 Å². The van der Waals surface area contributed by atoms with Gasteiger partial charge in [-0.15, -0.1) is 11.3 Å². The molecular weight excluding hydrogens is 296 g/mol. The lowest BCUT2D eigenvalue weighted by Gasteiger charge is -2.50. The highest BCUT2D eigenvalue weighted by Gasteiger charge is 2.50. The Balaban J connectivity index is 1.52. The summed E-state index contributed by atoms with van der Waals surface area (Å²) in [5.74, 6) is 0.292. The van der Waals surface area contributed by atoms with E-state index in [9.17, 15) is 9.59 Å². The molecule has 2 aliphatic rings. The molecule has 2 amide bonds. The van der Waals surface area contributed by atoms with E-state index in [1.165, 1.54) is 4.88 Å². The monoisotopic (exact) mass is 320 g/mol. The average molecular weight is 320 g/mol. The predicted octanol–water partition coefficient (Wildman–Crippen LogP) is 2.68. The second-order valence-corrected chi connectivity index (χ2v) is 7.53. The van der Waals surface area contributed by atoms with Gasteiger partial charge in [0.2, 0.25) is 11.8 Å². The first kappa shape index (κ1) is 15.5. The highest BCUT2D eigenvalue weighted by molar-refractivity contribution is 7.09. The summed E-state index contributed by atoms with van der Waals surface area (Å²) < 4.78 is 0. The van der Waals surface area contributed by atoms with Crippen LogP contribution < -0.4 is 0 Å². The van der Waals surface area contributed by atoms with Gasteiger partial charge in [0.05, 0.1) is 0 Å². The van der Waals surface area contributed by atoms with E-state index in [2.05, 4.69) is 11.4 Å². The van der Waals surface area contributed by atoms with Crippen LogP contribution in [0.2, 0.25) is 0 Å². The van der Waals surface area contributed by atoms with Gasteiger partial charge in [0.25, 0.3) is 0 Å². The molecule has 3 rings (SSSR count). The third kappa shape index (κ3) is 2.91. The summed E-state index contributed by atoms with van der Waals surface area (Å²) >= 11 is 1.74. The minimum Gasteiger partial charge on any atom is -0.341 e. The van der Waals surface area contributed by atoms with E-state index >= 15 is 0 Å². The number of nitrogens with zero attached hydrogens (tertiary/aromatic N) is 2. The van der Waals surface area contributed by atoms with Crippen LogP contribution >= 0.6 is 11.3 Å². The Bertz CT molecular complexity index is 537. The molecule has 4 nitrogen and oxygen atoms in total. The maximum atomic E-state index is 12.7. The number of carbonyl (C=O) groups is 2. The molecule has 2 saturated heterocycles. The minimum atomic E-state index is -0.579. The number of rotatable bonds is 5. The number of hydrogen-bond donors (Lipinski definition) is 0. The molecule has 2 fully saturated rings. The first-order valence-electron chi connectivity index (χ1n) is 8.23. The molecule has 0 spiro atoms. The lowest BCUT2D eigenvalue weighted by Crippen LogP contribution is -2.67. The third-order valence-electron chi connectivity index (χ3n) is 4.97. The number of likely N-dealkylation sites (tertiary alicyclic amines) is 2.